The lowest BCUT2D eigenvalue weighted by Crippen LogP contribution is -2.74. The zero-order valence-corrected chi connectivity index (χ0v) is 25.9. The minimum absolute atomic E-state index is 0.134. The van der Waals surface area contributed by atoms with E-state index < -0.39 is 0 Å². The summed E-state index contributed by atoms with van der Waals surface area (Å²) in [6.07, 6.45) is 5.12. The normalized spacial score (nSPS) is 21.6. The topological polar surface area (TPSA) is 42.8 Å². The van der Waals surface area contributed by atoms with E-state index in [4.69, 9.17) is 0 Å². The summed E-state index contributed by atoms with van der Waals surface area (Å²) in [6, 6.07) is 27.0. The van der Waals surface area contributed by atoms with Crippen LogP contribution in [-0.2, 0) is 26.6 Å². The molecule has 2 aliphatic rings. The number of piperazine rings is 1. The lowest BCUT2D eigenvalue weighted by Gasteiger charge is -2.60. The first-order valence-electron chi connectivity index (χ1n) is 15.5. The Morgan fingerprint density at radius 1 is 0.977 bits per heavy atom. The molecule has 0 spiro atoms. The van der Waals surface area contributed by atoms with E-state index in [2.05, 4.69) is 130 Å². The number of benzene rings is 3. The molecule has 3 heterocycles. The number of hydrogen-bond donors (Lipinski definition) is 1. The summed E-state index contributed by atoms with van der Waals surface area (Å²) in [5, 5.41) is 14.3. The molecule has 2 aliphatic heterocycles. The SMILES string of the molecule is C=CCN1CC(C)N2[C@@H](Cc3ccc(C)cc3)CN(Cc3cccc4cnn(C)c34)C[C@@H]2N1C(=C)NCc1ccccc1. The van der Waals surface area contributed by atoms with Gasteiger partial charge >= 0.3 is 0 Å². The lowest BCUT2D eigenvalue weighted by molar-refractivity contribution is -0.190. The second-order valence-corrected chi connectivity index (χ2v) is 12.2. The first-order valence-corrected chi connectivity index (χ1v) is 15.5. The highest BCUT2D eigenvalue weighted by Gasteiger charge is 2.46. The summed E-state index contributed by atoms with van der Waals surface area (Å²) in [4.78, 5) is 5.40. The fourth-order valence-electron chi connectivity index (χ4n) is 7.09. The van der Waals surface area contributed by atoms with Crippen LogP contribution in [0.4, 0.5) is 0 Å². The van der Waals surface area contributed by atoms with Gasteiger partial charge in [0.05, 0.1) is 11.7 Å². The average molecular weight is 576 g/mol. The third kappa shape index (κ3) is 6.25. The molecule has 3 atom stereocenters. The van der Waals surface area contributed by atoms with Gasteiger partial charge in [-0.2, -0.15) is 5.10 Å². The van der Waals surface area contributed by atoms with Gasteiger partial charge in [-0.25, -0.2) is 5.01 Å². The number of aryl methyl sites for hydroxylation is 2. The minimum Gasteiger partial charge on any atom is -0.367 e. The monoisotopic (exact) mass is 575 g/mol. The zero-order chi connectivity index (χ0) is 29.9. The highest BCUT2D eigenvalue weighted by Crippen LogP contribution is 2.33. The van der Waals surface area contributed by atoms with Crippen molar-refractivity contribution in [1.82, 2.24) is 34.9 Å². The number of hydrazine groups is 1. The van der Waals surface area contributed by atoms with E-state index in [1.165, 1.54) is 33.2 Å². The third-order valence-corrected chi connectivity index (χ3v) is 9.01. The summed E-state index contributed by atoms with van der Waals surface area (Å²) in [7, 11) is 2.05. The van der Waals surface area contributed by atoms with Crippen LogP contribution in [-0.4, -0.2) is 74.0 Å². The number of aromatic nitrogens is 2. The van der Waals surface area contributed by atoms with Crippen LogP contribution in [0.5, 0.6) is 0 Å². The second kappa shape index (κ2) is 12.8. The zero-order valence-electron chi connectivity index (χ0n) is 25.9. The Morgan fingerprint density at radius 3 is 2.53 bits per heavy atom. The number of nitrogens with zero attached hydrogens (tertiary/aromatic N) is 6. The molecule has 224 valence electrons. The summed E-state index contributed by atoms with van der Waals surface area (Å²) in [5.74, 6) is 0.928. The van der Waals surface area contributed by atoms with E-state index in [1.54, 1.807) is 0 Å². The Bertz CT molecular complexity index is 1540. The van der Waals surface area contributed by atoms with Crippen LogP contribution < -0.4 is 5.32 Å². The fraction of sp³-hybridized carbons (Fsp3) is 0.361. The minimum atomic E-state index is 0.134. The van der Waals surface area contributed by atoms with Gasteiger partial charge in [0.2, 0.25) is 0 Å². The molecule has 0 radical (unpaired) electrons. The maximum Gasteiger partial charge on any atom is 0.112 e. The van der Waals surface area contributed by atoms with Crippen molar-refractivity contribution in [3.8, 4) is 0 Å². The van der Waals surface area contributed by atoms with Gasteiger partial charge in [0.25, 0.3) is 0 Å². The second-order valence-electron chi connectivity index (χ2n) is 12.2. The number of hydrogen-bond acceptors (Lipinski definition) is 6. The molecule has 0 amide bonds. The Kier molecular flexibility index (Phi) is 8.66. The highest BCUT2D eigenvalue weighted by atomic mass is 15.7. The molecule has 1 unspecified atom stereocenters. The van der Waals surface area contributed by atoms with Crippen LogP contribution in [0.1, 0.15) is 29.2 Å². The molecule has 1 N–H and O–H groups in total. The van der Waals surface area contributed by atoms with Crippen LogP contribution in [0.25, 0.3) is 10.9 Å². The smallest absolute Gasteiger partial charge is 0.112 e. The van der Waals surface area contributed by atoms with E-state index in [1.807, 2.05) is 24.0 Å². The van der Waals surface area contributed by atoms with Crippen LogP contribution >= 0.6 is 0 Å². The summed E-state index contributed by atoms with van der Waals surface area (Å²) in [6.45, 7) is 18.5. The van der Waals surface area contributed by atoms with Crippen molar-refractivity contribution in [3.63, 3.8) is 0 Å². The lowest BCUT2D eigenvalue weighted by atomic mass is 9.96. The van der Waals surface area contributed by atoms with Crippen molar-refractivity contribution in [1.29, 1.82) is 0 Å². The van der Waals surface area contributed by atoms with E-state index in [-0.39, 0.29) is 6.17 Å². The van der Waals surface area contributed by atoms with Gasteiger partial charge in [0.15, 0.2) is 0 Å². The molecular formula is C36H45N7. The van der Waals surface area contributed by atoms with E-state index in [9.17, 15) is 0 Å². The maximum atomic E-state index is 4.60. The Balaban J connectivity index is 1.33. The van der Waals surface area contributed by atoms with Gasteiger partial charge in [-0.3, -0.25) is 19.5 Å². The Hall–Kier alpha value is -3.91. The van der Waals surface area contributed by atoms with E-state index in [0.717, 1.165) is 51.5 Å². The standard InChI is InChI=1S/C36H45N7/c1-6-19-41-23-28(3)42-34(20-30-17-15-27(2)16-18-30)25-40(24-33-14-10-13-32-22-38-39(5)36(32)33)26-35(42)43(41)29(4)37-21-31-11-8-7-9-12-31/h6-18,22,28,34-35,37H,1,4,19-21,23-26H2,2-3,5H3/t28?,34-,35-/m0/s1. The molecule has 1 aromatic heterocycles. The molecule has 7 nitrogen and oxygen atoms in total. The quantitative estimate of drug-likeness (QED) is 0.259. The number of rotatable bonds is 10. The predicted molar refractivity (Wildman–Crippen MR) is 176 cm³/mol. The fourth-order valence-corrected chi connectivity index (χ4v) is 7.09. The molecule has 7 heteroatoms. The molecule has 4 aromatic rings. The molecule has 0 saturated carbocycles. The van der Waals surface area contributed by atoms with Gasteiger partial charge in [0, 0.05) is 63.8 Å². The molecule has 0 bridgehead atoms. The van der Waals surface area contributed by atoms with Crippen molar-refractivity contribution >= 4 is 10.9 Å². The van der Waals surface area contributed by atoms with Crippen molar-refractivity contribution in [2.75, 3.05) is 26.2 Å². The number of nitrogens with one attached hydrogen (secondary N) is 1. The van der Waals surface area contributed by atoms with Crippen LogP contribution in [0, 0.1) is 6.92 Å². The highest BCUT2D eigenvalue weighted by molar-refractivity contribution is 5.81. The Morgan fingerprint density at radius 2 is 1.77 bits per heavy atom. The molecule has 2 saturated heterocycles. The van der Waals surface area contributed by atoms with Gasteiger partial charge in [0.1, 0.15) is 12.0 Å². The molecular weight excluding hydrogens is 530 g/mol. The van der Waals surface area contributed by atoms with Crippen LogP contribution in [0.2, 0.25) is 0 Å². The van der Waals surface area contributed by atoms with Crippen molar-refractivity contribution in [3.05, 3.63) is 126 Å². The number of fused-ring (bicyclic) bond motifs is 2. The molecule has 0 aliphatic carbocycles. The van der Waals surface area contributed by atoms with Crippen LogP contribution in [0.3, 0.4) is 0 Å². The molecule has 3 aromatic carbocycles. The first-order chi connectivity index (χ1) is 20.9. The Labute approximate surface area is 256 Å². The molecule has 6 rings (SSSR count). The van der Waals surface area contributed by atoms with Crippen LogP contribution in [0.15, 0.2) is 104 Å². The third-order valence-electron chi connectivity index (χ3n) is 9.01. The van der Waals surface area contributed by atoms with Gasteiger partial charge in [-0.1, -0.05) is 91.0 Å². The average Bonchev–Trinajstić information content (AvgIpc) is 3.39. The van der Waals surface area contributed by atoms with Gasteiger partial charge < -0.3 is 5.32 Å². The summed E-state index contributed by atoms with van der Waals surface area (Å²) < 4.78 is 2.01. The number of para-hydroxylation sites is 1. The van der Waals surface area contributed by atoms with Gasteiger partial charge in [-0.05, 0) is 37.0 Å². The van der Waals surface area contributed by atoms with E-state index >= 15 is 0 Å². The largest absolute Gasteiger partial charge is 0.367 e. The van der Waals surface area contributed by atoms with Crippen molar-refractivity contribution in [2.45, 2.75) is 51.6 Å². The molecule has 2 fully saturated rings. The molecule has 43 heavy (non-hydrogen) atoms. The van der Waals surface area contributed by atoms with Gasteiger partial charge in [-0.15, -0.1) is 6.58 Å². The van der Waals surface area contributed by atoms with Crippen molar-refractivity contribution < 1.29 is 0 Å². The summed E-state index contributed by atoms with van der Waals surface area (Å²) >= 11 is 0. The predicted octanol–water partition coefficient (Wildman–Crippen LogP) is 5.30. The van der Waals surface area contributed by atoms with E-state index in [0.29, 0.717) is 12.1 Å². The first kappa shape index (κ1) is 29.2. The van der Waals surface area contributed by atoms with Crippen molar-refractivity contribution in [2.24, 2.45) is 7.05 Å². The summed E-state index contributed by atoms with van der Waals surface area (Å²) in [5.41, 5.74) is 6.47. The maximum absolute atomic E-state index is 4.60.